The quantitative estimate of drug-likeness (QED) is 0.234. The van der Waals surface area contributed by atoms with Crippen LogP contribution in [0.5, 0.6) is 17.2 Å². The predicted octanol–water partition coefficient (Wildman–Crippen LogP) is 6.09. The van der Waals surface area contributed by atoms with Gasteiger partial charge >= 0.3 is 0 Å². The Hall–Kier alpha value is -2.81. The van der Waals surface area contributed by atoms with E-state index in [4.69, 9.17) is 25.8 Å². The number of ether oxygens (including phenoxy) is 3. The summed E-state index contributed by atoms with van der Waals surface area (Å²) in [7, 11) is 0. The number of nitrogens with zero attached hydrogens (tertiary/aromatic N) is 2. The SMILES string of the molecule is OC1CC(c2ccccc2)C2(c3ccc(Cl)cc3)Oc3cc(OCCCN4CCCC4)cc(OCCCN4CCCC4)c3C12O. The molecule has 3 aromatic rings. The summed E-state index contributed by atoms with van der Waals surface area (Å²) < 4.78 is 19.8. The largest absolute Gasteiger partial charge is 0.493 e. The maximum absolute atomic E-state index is 13.0. The Morgan fingerprint density at radius 3 is 2.09 bits per heavy atom. The fraction of sp³-hybridized carbons (Fsp3) is 0.514. The monoisotopic (exact) mass is 632 g/mol. The highest BCUT2D eigenvalue weighted by molar-refractivity contribution is 6.30. The highest BCUT2D eigenvalue weighted by Crippen LogP contribution is 2.68. The van der Waals surface area contributed by atoms with Crippen molar-refractivity contribution in [2.75, 3.05) is 52.5 Å². The van der Waals surface area contributed by atoms with E-state index in [9.17, 15) is 10.2 Å². The topological polar surface area (TPSA) is 74.6 Å². The van der Waals surface area contributed by atoms with E-state index in [1.807, 2.05) is 66.7 Å². The molecule has 8 heteroatoms. The van der Waals surface area contributed by atoms with Gasteiger partial charge in [0.05, 0.1) is 24.9 Å². The van der Waals surface area contributed by atoms with Crippen LogP contribution in [-0.2, 0) is 11.2 Å². The van der Waals surface area contributed by atoms with Crippen LogP contribution in [0.15, 0.2) is 66.7 Å². The van der Waals surface area contributed by atoms with Crippen LogP contribution < -0.4 is 14.2 Å². The maximum Gasteiger partial charge on any atom is 0.176 e. The summed E-state index contributed by atoms with van der Waals surface area (Å²) in [6.45, 7) is 7.67. The minimum Gasteiger partial charge on any atom is -0.493 e. The molecule has 0 bridgehead atoms. The minimum absolute atomic E-state index is 0.325. The molecule has 4 unspecified atom stereocenters. The van der Waals surface area contributed by atoms with Gasteiger partial charge in [-0.2, -0.15) is 0 Å². The molecule has 2 saturated heterocycles. The molecule has 0 amide bonds. The van der Waals surface area contributed by atoms with Crippen LogP contribution in [0.3, 0.4) is 0 Å². The number of aliphatic hydroxyl groups is 2. The third-order valence-corrected chi connectivity index (χ3v) is 10.6. The van der Waals surface area contributed by atoms with E-state index in [1.165, 1.54) is 38.8 Å². The van der Waals surface area contributed by atoms with Crippen molar-refractivity contribution in [2.45, 2.75) is 68.2 Å². The molecule has 240 valence electrons. The number of hydrogen-bond acceptors (Lipinski definition) is 7. The van der Waals surface area contributed by atoms with Crippen molar-refractivity contribution < 1.29 is 24.4 Å². The summed E-state index contributed by atoms with van der Waals surface area (Å²) in [5, 5.41) is 25.4. The van der Waals surface area contributed by atoms with Crippen molar-refractivity contribution >= 4 is 11.6 Å². The summed E-state index contributed by atoms with van der Waals surface area (Å²) >= 11 is 6.34. The number of likely N-dealkylation sites (tertiary alicyclic amines) is 2. The van der Waals surface area contributed by atoms with Crippen molar-refractivity contribution in [3.63, 3.8) is 0 Å². The van der Waals surface area contributed by atoms with E-state index in [-0.39, 0.29) is 5.92 Å². The molecule has 3 heterocycles. The van der Waals surface area contributed by atoms with Gasteiger partial charge in [0.2, 0.25) is 0 Å². The summed E-state index contributed by atoms with van der Waals surface area (Å²) in [5.74, 6) is 1.30. The average molecular weight is 633 g/mol. The summed E-state index contributed by atoms with van der Waals surface area (Å²) in [6.07, 6.45) is 6.08. The van der Waals surface area contributed by atoms with Crippen LogP contribution >= 0.6 is 11.6 Å². The molecule has 0 aromatic heterocycles. The fourth-order valence-corrected chi connectivity index (χ4v) is 8.29. The van der Waals surface area contributed by atoms with Gasteiger partial charge in [0.25, 0.3) is 0 Å². The number of benzene rings is 3. The fourth-order valence-electron chi connectivity index (χ4n) is 8.16. The zero-order chi connectivity index (χ0) is 30.9. The second-order valence-corrected chi connectivity index (χ2v) is 13.6. The molecule has 4 aliphatic rings. The van der Waals surface area contributed by atoms with E-state index in [2.05, 4.69) is 9.80 Å². The van der Waals surface area contributed by atoms with Crippen LogP contribution in [0, 0.1) is 0 Å². The summed E-state index contributed by atoms with van der Waals surface area (Å²) in [5.41, 5.74) is -0.836. The zero-order valence-corrected chi connectivity index (χ0v) is 26.8. The number of fused-ring (bicyclic) bond motifs is 3. The summed E-state index contributed by atoms with van der Waals surface area (Å²) in [6, 6.07) is 21.2. The number of hydrogen-bond donors (Lipinski definition) is 2. The van der Waals surface area contributed by atoms with Gasteiger partial charge in [-0.1, -0.05) is 54.1 Å². The van der Waals surface area contributed by atoms with Crippen molar-refractivity contribution in [2.24, 2.45) is 0 Å². The Kier molecular flexibility index (Phi) is 8.99. The smallest absolute Gasteiger partial charge is 0.176 e. The second kappa shape index (κ2) is 13.1. The van der Waals surface area contributed by atoms with Gasteiger partial charge in [-0.15, -0.1) is 0 Å². The molecule has 3 fully saturated rings. The summed E-state index contributed by atoms with van der Waals surface area (Å²) in [4.78, 5) is 4.96. The molecular formula is C37H45ClN2O5. The van der Waals surface area contributed by atoms with E-state index >= 15 is 0 Å². The number of halogens is 1. The Labute approximate surface area is 271 Å². The van der Waals surface area contributed by atoms with Crippen molar-refractivity contribution in [1.82, 2.24) is 9.80 Å². The number of aliphatic hydroxyl groups excluding tert-OH is 1. The molecule has 1 aliphatic carbocycles. The van der Waals surface area contributed by atoms with Crippen LogP contribution in [-0.4, -0.2) is 78.6 Å². The van der Waals surface area contributed by atoms with Crippen molar-refractivity contribution in [3.8, 4) is 17.2 Å². The van der Waals surface area contributed by atoms with Gasteiger partial charge in [0.15, 0.2) is 11.2 Å². The van der Waals surface area contributed by atoms with Crippen LogP contribution in [0.1, 0.15) is 67.6 Å². The molecule has 0 radical (unpaired) electrons. The third kappa shape index (κ3) is 5.72. The maximum atomic E-state index is 13.0. The first-order valence-corrected chi connectivity index (χ1v) is 17.2. The lowest BCUT2D eigenvalue weighted by molar-refractivity contribution is -0.150. The average Bonchev–Trinajstić information content (AvgIpc) is 3.85. The first-order valence-electron chi connectivity index (χ1n) is 16.8. The molecule has 0 spiro atoms. The number of rotatable bonds is 12. The Morgan fingerprint density at radius 2 is 1.44 bits per heavy atom. The molecule has 4 atom stereocenters. The van der Waals surface area contributed by atoms with Gasteiger partial charge in [0, 0.05) is 36.2 Å². The van der Waals surface area contributed by atoms with E-state index in [0.29, 0.717) is 47.5 Å². The van der Waals surface area contributed by atoms with Gasteiger partial charge in [-0.3, -0.25) is 0 Å². The van der Waals surface area contributed by atoms with Gasteiger partial charge in [0.1, 0.15) is 17.2 Å². The lowest BCUT2D eigenvalue weighted by Gasteiger charge is -2.40. The first kappa shape index (κ1) is 30.8. The van der Waals surface area contributed by atoms with Gasteiger partial charge < -0.3 is 34.2 Å². The van der Waals surface area contributed by atoms with Gasteiger partial charge in [-0.25, -0.2) is 0 Å². The Morgan fingerprint density at radius 1 is 0.822 bits per heavy atom. The predicted molar refractivity (Wildman–Crippen MR) is 175 cm³/mol. The molecule has 1 saturated carbocycles. The van der Waals surface area contributed by atoms with Crippen molar-refractivity contribution in [1.29, 1.82) is 0 Å². The highest BCUT2D eigenvalue weighted by atomic mass is 35.5. The zero-order valence-electron chi connectivity index (χ0n) is 26.0. The highest BCUT2D eigenvalue weighted by Gasteiger charge is 2.73. The molecular weight excluding hydrogens is 588 g/mol. The van der Waals surface area contributed by atoms with Crippen LogP contribution in [0.4, 0.5) is 0 Å². The molecule has 3 aliphatic heterocycles. The van der Waals surface area contributed by atoms with E-state index in [1.54, 1.807) is 0 Å². The molecule has 2 N–H and O–H groups in total. The van der Waals surface area contributed by atoms with E-state index in [0.717, 1.165) is 50.1 Å². The van der Waals surface area contributed by atoms with Crippen LogP contribution in [0.2, 0.25) is 5.02 Å². The lowest BCUT2D eigenvalue weighted by atomic mass is 9.71. The second-order valence-electron chi connectivity index (χ2n) is 13.1. The molecule has 7 nitrogen and oxygen atoms in total. The van der Waals surface area contributed by atoms with Crippen molar-refractivity contribution in [3.05, 3.63) is 88.4 Å². The van der Waals surface area contributed by atoms with E-state index < -0.39 is 17.3 Å². The normalized spacial score (nSPS) is 27.8. The lowest BCUT2D eigenvalue weighted by Crippen LogP contribution is -2.52. The Bertz CT molecular complexity index is 1440. The minimum atomic E-state index is -1.77. The van der Waals surface area contributed by atoms with Crippen LogP contribution in [0.25, 0.3) is 0 Å². The standard InChI is InChI=1S/C37H45ClN2O5/c38-29-14-12-28(13-15-29)37-31(27-10-2-1-3-11-27)26-34(41)36(37,42)35-32(44-23-9-21-40-18-6-7-19-40)24-30(25-33(35)45-37)43-22-8-20-39-16-4-5-17-39/h1-3,10-15,24-25,31,34,41-42H,4-9,16-23,26H2. The first-order chi connectivity index (χ1) is 22.0. The van der Waals surface area contributed by atoms with Gasteiger partial charge in [-0.05, 0) is 94.4 Å². The third-order valence-electron chi connectivity index (χ3n) is 10.3. The Balaban J connectivity index is 1.24. The molecule has 45 heavy (non-hydrogen) atoms. The molecule has 3 aromatic carbocycles. The molecule has 7 rings (SSSR count).